The third kappa shape index (κ3) is 10.4. The van der Waals surface area contributed by atoms with Gasteiger partial charge >= 0.3 is 6.01 Å². The number of nitrogens with zero attached hydrogens (tertiary/aromatic N) is 5. The van der Waals surface area contributed by atoms with E-state index in [-0.39, 0.29) is 77.3 Å². The molecule has 4 amide bonds. The number of aromatic hydroxyl groups is 1. The number of carbonyl (C=O) groups excluding carboxylic acids is 4. The highest BCUT2D eigenvalue weighted by Crippen LogP contribution is 2.43. The first-order chi connectivity index (χ1) is 33.0. The molecule has 9 rings (SSSR count). The number of benzene rings is 4. The molecule has 0 saturated carbocycles. The largest absolute Gasteiger partial charge is 0.508 e. The quantitative estimate of drug-likeness (QED) is 0.0699. The number of imide groups is 2. The highest BCUT2D eigenvalue weighted by Gasteiger charge is 2.44. The fourth-order valence-electron chi connectivity index (χ4n) is 9.50. The molecule has 16 nitrogen and oxygen atoms in total. The lowest BCUT2D eigenvalue weighted by atomic mass is 9.96. The second-order valence-corrected chi connectivity index (χ2v) is 18.0. The smallest absolute Gasteiger partial charge is 0.319 e. The normalized spacial score (nSPS) is 18.7. The van der Waals surface area contributed by atoms with E-state index in [4.69, 9.17) is 40.3 Å². The summed E-state index contributed by atoms with van der Waals surface area (Å²) in [5.74, 6) is -1.85. The Kier molecular flexibility index (Phi) is 14.6. The SMILES string of the molecule is C[C@H](CN1CCC(OCCOCCOCCOc2ccc3c(c2)C(=O)N(C2CCC(=O)NC2=O)C3=O)CC1)Oc1nc(N2CCCCC2)c2cc(Cl)c(-c3cc(O)cc4ccccc34)c(F)c2n1. The Balaban J connectivity index is 0.698. The van der Waals surface area contributed by atoms with E-state index in [9.17, 15) is 24.3 Å². The number of anilines is 1. The predicted octanol–water partition coefficient (Wildman–Crippen LogP) is 6.70. The van der Waals surface area contributed by atoms with Gasteiger partial charge in [0.15, 0.2) is 5.82 Å². The summed E-state index contributed by atoms with van der Waals surface area (Å²) in [6.45, 7) is 7.89. The molecule has 18 heteroatoms. The summed E-state index contributed by atoms with van der Waals surface area (Å²) in [5.41, 5.74) is 1.10. The van der Waals surface area contributed by atoms with E-state index >= 15 is 4.39 Å². The number of carbonyl (C=O) groups is 4. The minimum absolute atomic E-state index is 0.00943. The van der Waals surface area contributed by atoms with Crippen molar-refractivity contribution in [1.29, 1.82) is 0 Å². The van der Waals surface area contributed by atoms with Gasteiger partial charge < -0.3 is 33.7 Å². The summed E-state index contributed by atoms with van der Waals surface area (Å²) >= 11 is 6.89. The number of hydrogen-bond acceptors (Lipinski definition) is 14. The second-order valence-electron chi connectivity index (χ2n) is 17.6. The summed E-state index contributed by atoms with van der Waals surface area (Å²) in [6.07, 6.45) is 4.78. The molecule has 5 aromatic rings. The Morgan fingerprint density at radius 2 is 1.54 bits per heavy atom. The van der Waals surface area contributed by atoms with Crippen LogP contribution < -0.4 is 19.7 Å². The van der Waals surface area contributed by atoms with Gasteiger partial charge in [0.25, 0.3) is 11.8 Å². The van der Waals surface area contributed by atoms with Gasteiger partial charge in [-0.1, -0.05) is 35.9 Å². The van der Waals surface area contributed by atoms with Crippen LogP contribution in [0.15, 0.2) is 60.7 Å². The van der Waals surface area contributed by atoms with Gasteiger partial charge in [-0.15, -0.1) is 0 Å². The number of amides is 4. The molecule has 2 atom stereocenters. The van der Waals surface area contributed by atoms with Crippen LogP contribution in [0.5, 0.6) is 17.5 Å². The number of phenolic OH excluding ortho intramolecular Hbond substituents is 1. The number of hydrogen-bond donors (Lipinski definition) is 2. The van der Waals surface area contributed by atoms with Crippen LogP contribution in [0.3, 0.4) is 0 Å². The van der Waals surface area contributed by atoms with E-state index < -0.39 is 35.5 Å². The lowest BCUT2D eigenvalue weighted by Gasteiger charge is -2.33. The van der Waals surface area contributed by atoms with Crippen molar-refractivity contribution in [2.24, 2.45) is 0 Å². The third-order valence-corrected chi connectivity index (χ3v) is 13.1. The summed E-state index contributed by atoms with van der Waals surface area (Å²) in [5, 5.41) is 15.0. The highest BCUT2D eigenvalue weighted by atomic mass is 35.5. The molecule has 0 radical (unpaired) electrons. The minimum atomic E-state index is -1.03. The topological polar surface area (TPSA) is 182 Å². The fraction of sp³-hybridized carbons (Fsp3) is 0.440. The number of ether oxygens (including phenoxy) is 5. The second kappa shape index (κ2) is 21.1. The summed E-state index contributed by atoms with van der Waals surface area (Å²) in [7, 11) is 0. The molecule has 358 valence electrons. The van der Waals surface area contributed by atoms with E-state index in [2.05, 4.69) is 20.1 Å². The van der Waals surface area contributed by atoms with E-state index in [1.54, 1.807) is 18.2 Å². The van der Waals surface area contributed by atoms with Crippen LogP contribution >= 0.6 is 11.6 Å². The molecule has 4 aliphatic rings. The molecule has 68 heavy (non-hydrogen) atoms. The molecule has 4 aromatic carbocycles. The molecule has 1 unspecified atom stereocenters. The van der Waals surface area contributed by atoms with Crippen molar-refractivity contribution in [2.75, 3.05) is 77.3 Å². The number of rotatable bonds is 18. The van der Waals surface area contributed by atoms with Gasteiger partial charge in [-0.05, 0) is 98.2 Å². The molecule has 4 aliphatic heterocycles. The Morgan fingerprint density at radius 3 is 2.32 bits per heavy atom. The van der Waals surface area contributed by atoms with Crippen molar-refractivity contribution in [3.63, 3.8) is 0 Å². The summed E-state index contributed by atoms with van der Waals surface area (Å²) in [4.78, 5) is 64.8. The minimum Gasteiger partial charge on any atom is -0.508 e. The standard InChI is InChI=1S/C50H54ClFN6O10/c1-30(68-50-54-45-39(46(55-50)57-15-5-2-6-16-57)28-40(51)43(44(45)52)37-26-32(59)25-31-7-3-4-8-35(31)37)29-56-17-13-33(14-18-56)66-23-21-64-19-20-65-22-24-67-34-9-10-36-38(27-34)49(63)58(48(36)62)41-11-12-42(60)53-47(41)61/h3-4,7-10,25-28,30,33,41,59H,2,5-6,11-24,29H2,1H3,(H,53,60,61)/t30-,41?/m1/s1. The zero-order valence-electron chi connectivity index (χ0n) is 37.8. The van der Waals surface area contributed by atoms with Gasteiger partial charge in [0, 0.05) is 50.1 Å². The van der Waals surface area contributed by atoms with E-state index in [0.29, 0.717) is 55.5 Å². The fourth-order valence-corrected chi connectivity index (χ4v) is 9.80. The van der Waals surface area contributed by atoms with Gasteiger partial charge in [-0.25, -0.2) is 4.39 Å². The zero-order chi connectivity index (χ0) is 47.3. The van der Waals surface area contributed by atoms with Gasteiger partial charge in [-0.3, -0.25) is 34.3 Å². The number of likely N-dealkylation sites (tertiary alicyclic amines) is 1. The lowest BCUT2D eigenvalue weighted by Crippen LogP contribution is -2.54. The molecule has 0 spiro atoms. The average molecular weight is 953 g/mol. The Labute approximate surface area is 397 Å². The number of halogens is 2. The van der Waals surface area contributed by atoms with Crippen LogP contribution in [0.25, 0.3) is 32.8 Å². The van der Waals surface area contributed by atoms with Gasteiger partial charge in [0.2, 0.25) is 11.8 Å². The maximum absolute atomic E-state index is 16.9. The van der Waals surface area contributed by atoms with Gasteiger partial charge in [0.05, 0.1) is 55.3 Å². The van der Waals surface area contributed by atoms with Gasteiger partial charge in [-0.2, -0.15) is 9.97 Å². The predicted molar refractivity (Wildman–Crippen MR) is 251 cm³/mol. The Morgan fingerprint density at radius 1 is 0.809 bits per heavy atom. The van der Waals surface area contributed by atoms with Crippen LogP contribution in [-0.4, -0.2) is 139 Å². The molecule has 5 heterocycles. The Bertz CT molecular complexity index is 2710. The molecule has 3 saturated heterocycles. The van der Waals surface area contributed by atoms with Crippen LogP contribution in [0, 0.1) is 5.82 Å². The summed E-state index contributed by atoms with van der Waals surface area (Å²) < 4.78 is 46.5. The van der Waals surface area contributed by atoms with Crippen LogP contribution in [0.4, 0.5) is 10.2 Å². The zero-order valence-corrected chi connectivity index (χ0v) is 38.6. The molecule has 1 aromatic heterocycles. The monoisotopic (exact) mass is 952 g/mol. The van der Waals surface area contributed by atoms with Crippen molar-refractivity contribution in [3.8, 4) is 28.6 Å². The maximum Gasteiger partial charge on any atom is 0.319 e. The number of fused-ring (bicyclic) bond motifs is 3. The van der Waals surface area contributed by atoms with E-state index in [0.717, 1.165) is 74.0 Å². The Hall–Kier alpha value is -5.98. The summed E-state index contributed by atoms with van der Waals surface area (Å²) in [6, 6.07) is 16.0. The third-order valence-electron chi connectivity index (χ3n) is 12.8. The highest BCUT2D eigenvalue weighted by molar-refractivity contribution is 6.35. The first-order valence-electron chi connectivity index (χ1n) is 23.3. The average Bonchev–Trinajstić information content (AvgIpc) is 3.57. The molecular formula is C50H54ClFN6O10. The van der Waals surface area contributed by atoms with Crippen LogP contribution in [0.1, 0.15) is 72.6 Å². The van der Waals surface area contributed by atoms with Gasteiger partial charge in [0.1, 0.15) is 41.6 Å². The van der Waals surface area contributed by atoms with Crippen molar-refractivity contribution < 1.29 is 52.4 Å². The molecule has 0 aliphatic carbocycles. The van der Waals surface area contributed by atoms with Crippen molar-refractivity contribution >= 4 is 62.7 Å². The van der Waals surface area contributed by atoms with E-state index in [1.807, 2.05) is 31.2 Å². The van der Waals surface area contributed by atoms with Crippen molar-refractivity contribution in [2.45, 2.75) is 70.1 Å². The number of nitrogens with one attached hydrogen (secondary N) is 1. The first kappa shape index (κ1) is 47.1. The number of phenols is 1. The number of piperidine rings is 3. The maximum atomic E-state index is 16.9. The molecule has 2 N–H and O–H groups in total. The van der Waals surface area contributed by atoms with Crippen LogP contribution in [-0.2, 0) is 23.8 Å². The van der Waals surface area contributed by atoms with Crippen molar-refractivity contribution in [1.82, 2.24) is 25.1 Å². The van der Waals surface area contributed by atoms with E-state index in [1.165, 1.54) is 18.2 Å². The molecule has 3 fully saturated rings. The van der Waals surface area contributed by atoms with Crippen LogP contribution in [0.2, 0.25) is 5.02 Å². The lowest BCUT2D eigenvalue weighted by molar-refractivity contribution is -0.136. The van der Waals surface area contributed by atoms with Crippen molar-refractivity contribution in [3.05, 3.63) is 82.6 Å². The number of aromatic nitrogens is 2. The molecule has 0 bridgehead atoms. The molecular weight excluding hydrogens is 899 g/mol. The first-order valence-corrected chi connectivity index (χ1v) is 23.7.